The molecular formula is C18H18N6O. The number of benzene rings is 1. The number of nitrogens with one attached hydrogen (secondary N) is 3. The van der Waals surface area contributed by atoms with E-state index in [1.165, 1.54) is 0 Å². The SMILES string of the molecule is CNc1ccc(-c2nccc(-c3cc4c([nH]3)CCNC4=O)n2)cc1N. The fourth-order valence-electron chi connectivity index (χ4n) is 3.01. The smallest absolute Gasteiger partial charge is 0.253 e. The van der Waals surface area contributed by atoms with Crippen molar-refractivity contribution < 1.29 is 4.79 Å². The minimum Gasteiger partial charge on any atom is -0.397 e. The van der Waals surface area contributed by atoms with Gasteiger partial charge in [-0.25, -0.2) is 9.97 Å². The molecule has 1 aromatic carbocycles. The Hall–Kier alpha value is -3.35. The lowest BCUT2D eigenvalue weighted by Gasteiger charge is -2.10. The number of rotatable bonds is 3. The lowest BCUT2D eigenvalue weighted by molar-refractivity contribution is 0.0946. The maximum Gasteiger partial charge on any atom is 0.253 e. The summed E-state index contributed by atoms with van der Waals surface area (Å²) in [6.07, 6.45) is 2.50. The molecule has 0 bridgehead atoms. The number of aromatic amines is 1. The Bertz CT molecular complexity index is 962. The molecule has 0 atom stereocenters. The van der Waals surface area contributed by atoms with E-state index in [1.807, 2.05) is 37.4 Å². The Kier molecular flexibility index (Phi) is 3.61. The van der Waals surface area contributed by atoms with Crippen molar-refractivity contribution in [2.45, 2.75) is 6.42 Å². The number of anilines is 2. The molecule has 0 fully saturated rings. The van der Waals surface area contributed by atoms with Gasteiger partial charge in [0.2, 0.25) is 0 Å². The van der Waals surface area contributed by atoms with Crippen molar-refractivity contribution in [3.8, 4) is 22.8 Å². The van der Waals surface area contributed by atoms with E-state index in [4.69, 9.17) is 5.73 Å². The van der Waals surface area contributed by atoms with Crippen LogP contribution in [0.3, 0.4) is 0 Å². The summed E-state index contributed by atoms with van der Waals surface area (Å²) in [6.45, 7) is 0.651. The molecule has 7 nitrogen and oxygen atoms in total. The van der Waals surface area contributed by atoms with Crippen LogP contribution in [0.2, 0.25) is 0 Å². The number of aromatic nitrogens is 3. The van der Waals surface area contributed by atoms with Crippen LogP contribution < -0.4 is 16.4 Å². The third-order valence-corrected chi connectivity index (χ3v) is 4.32. The van der Waals surface area contributed by atoms with Crippen LogP contribution in [0.25, 0.3) is 22.8 Å². The van der Waals surface area contributed by atoms with E-state index in [1.54, 1.807) is 6.20 Å². The first-order valence-corrected chi connectivity index (χ1v) is 8.07. The summed E-state index contributed by atoms with van der Waals surface area (Å²) in [4.78, 5) is 24.2. The van der Waals surface area contributed by atoms with E-state index >= 15 is 0 Å². The average molecular weight is 334 g/mol. The van der Waals surface area contributed by atoms with Gasteiger partial charge in [-0.2, -0.15) is 0 Å². The van der Waals surface area contributed by atoms with Crippen LogP contribution in [0.1, 0.15) is 16.1 Å². The highest BCUT2D eigenvalue weighted by molar-refractivity contribution is 5.97. The van der Waals surface area contributed by atoms with Crippen LogP contribution in [0.5, 0.6) is 0 Å². The summed E-state index contributed by atoms with van der Waals surface area (Å²) in [7, 11) is 1.83. The van der Waals surface area contributed by atoms with Crippen LogP contribution in [-0.2, 0) is 6.42 Å². The molecule has 0 unspecified atom stereocenters. The number of H-pyrrole nitrogens is 1. The summed E-state index contributed by atoms with van der Waals surface area (Å²) in [5.41, 5.74) is 11.6. The quantitative estimate of drug-likeness (QED) is 0.548. The minimum atomic E-state index is -0.0477. The van der Waals surface area contributed by atoms with Gasteiger partial charge in [-0.15, -0.1) is 0 Å². The summed E-state index contributed by atoms with van der Waals surface area (Å²) in [5.74, 6) is 0.539. The number of carbonyl (C=O) groups is 1. The van der Waals surface area contributed by atoms with Crippen LogP contribution in [0, 0.1) is 0 Å². The van der Waals surface area contributed by atoms with Crippen molar-refractivity contribution in [1.29, 1.82) is 0 Å². The van der Waals surface area contributed by atoms with Gasteiger partial charge < -0.3 is 21.4 Å². The van der Waals surface area contributed by atoms with Crippen molar-refractivity contribution in [1.82, 2.24) is 20.3 Å². The molecule has 1 aliphatic rings. The van der Waals surface area contributed by atoms with Crippen molar-refractivity contribution in [2.75, 3.05) is 24.6 Å². The minimum absolute atomic E-state index is 0.0477. The van der Waals surface area contributed by atoms with E-state index in [9.17, 15) is 4.79 Å². The van der Waals surface area contributed by atoms with E-state index in [0.29, 0.717) is 23.6 Å². The molecule has 2 aromatic heterocycles. The highest BCUT2D eigenvalue weighted by Gasteiger charge is 2.20. The Morgan fingerprint density at radius 3 is 2.88 bits per heavy atom. The highest BCUT2D eigenvalue weighted by atomic mass is 16.1. The molecule has 1 aliphatic heterocycles. The first-order valence-electron chi connectivity index (χ1n) is 8.07. The predicted octanol–water partition coefficient (Wildman–Crippen LogP) is 2.05. The lowest BCUT2D eigenvalue weighted by atomic mass is 10.1. The molecule has 4 rings (SSSR count). The van der Waals surface area contributed by atoms with E-state index in [2.05, 4.69) is 25.6 Å². The Balaban J connectivity index is 1.73. The first kappa shape index (κ1) is 15.2. The first-order chi connectivity index (χ1) is 12.2. The van der Waals surface area contributed by atoms with Gasteiger partial charge in [0.05, 0.1) is 28.3 Å². The monoisotopic (exact) mass is 334 g/mol. The zero-order chi connectivity index (χ0) is 17.4. The normalized spacial score (nSPS) is 13.2. The van der Waals surface area contributed by atoms with Crippen LogP contribution in [0.4, 0.5) is 11.4 Å². The number of nitrogen functional groups attached to an aromatic ring is 1. The Morgan fingerprint density at radius 1 is 1.24 bits per heavy atom. The third-order valence-electron chi connectivity index (χ3n) is 4.32. The van der Waals surface area contributed by atoms with Crippen LogP contribution in [-0.4, -0.2) is 34.5 Å². The molecule has 1 amide bonds. The fourth-order valence-corrected chi connectivity index (χ4v) is 3.01. The van der Waals surface area contributed by atoms with Crippen molar-refractivity contribution >= 4 is 17.3 Å². The third kappa shape index (κ3) is 2.69. The number of fused-ring (bicyclic) bond motifs is 1. The van der Waals surface area contributed by atoms with Crippen molar-refractivity contribution in [2.24, 2.45) is 0 Å². The standard InChI is InChI=1S/C18H18N6O/c1-20-14-3-2-10(8-12(14)19)17-21-6-5-15(24-17)16-9-11-13(23-16)4-7-22-18(11)25/h2-3,5-6,8-9,20,23H,4,7,19H2,1H3,(H,22,25). The van der Waals surface area contributed by atoms with Crippen molar-refractivity contribution in [3.05, 3.63) is 47.8 Å². The van der Waals surface area contributed by atoms with Gasteiger partial charge in [0.1, 0.15) is 0 Å². The van der Waals surface area contributed by atoms with Gasteiger partial charge >= 0.3 is 0 Å². The maximum absolute atomic E-state index is 11.9. The van der Waals surface area contributed by atoms with Crippen LogP contribution in [0.15, 0.2) is 36.5 Å². The second-order valence-corrected chi connectivity index (χ2v) is 5.90. The molecule has 7 heteroatoms. The van der Waals surface area contributed by atoms with E-state index < -0.39 is 0 Å². The fraction of sp³-hybridized carbons (Fsp3) is 0.167. The molecule has 25 heavy (non-hydrogen) atoms. The number of nitrogens with two attached hydrogens (primary N) is 1. The molecular weight excluding hydrogens is 316 g/mol. The van der Waals surface area contributed by atoms with Gasteiger partial charge in [-0.05, 0) is 30.3 Å². The second kappa shape index (κ2) is 5.94. The molecule has 0 saturated carbocycles. The molecule has 0 radical (unpaired) electrons. The summed E-state index contributed by atoms with van der Waals surface area (Å²) < 4.78 is 0. The molecule has 126 valence electrons. The lowest BCUT2D eigenvalue weighted by Crippen LogP contribution is -2.31. The zero-order valence-corrected chi connectivity index (χ0v) is 13.8. The molecule has 0 spiro atoms. The molecule has 3 aromatic rings. The topological polar surface area (TPSA) is 109 Å². The Morgan fingerprint density at radius 2 is 2.12 bits per heavy atom. The zero-order valence-electron chi connectivity index (χ0n) is 13.8. The van der Waals surface area contributed by atoms with Gasteiger partial charge in [-0.3, -0.25) is 4.79 Å². The highest BCUT2D eigenvalue weighted by Crippen LogP contribution is 2.27. The number of hydrogen-bond acceptors (Lipinski definition) is 5. The average Bonchev–Trinajstić information content (AvgIpc) is 3.07. The van der Waals surface area contributed by atoms with Crippen molar-refractivity contribution in [3.63, 3.8) is 0 Å². The number of amides is 1. The van der Waals surface area contributed by atoms with Gasteiger partial charge in [0, 0.05) is 37.5 Å². The number of hydrogen-bond donors (Lipinski definition) is 4. The molecule has 3 heterocycles. The molecule has 5 N–H and O–H groups in total. The van der Waals surface area contributed by atoms with Gasteiger partial charge in [-0.1, -0.05) is 0 Å². The van der Waals surface area contributed by atoms with Gasteiger partial charge in [0.15, 0.2) is 5.82 Å². The van der Waals surface area contributed by atoms with E-state index in [-0.39, 0.29) is 5.91 Å². The molecule has 0 aliphatic carbocycles. The molecule has 0 saturated heterocycles. The summed E-state index contributed by atoms with van der Waals surface area (Å²) >= 11 is 0. The number of nitrogens with zero attached hydrogens (tertiary/aromatic N) is 2. The van der Waals surface area contributed by atoms with Gasteiger partial charge in [0.25, 0.3) is 5.91 Å². The predicted molar refractivity (Wildman–Crippen MR) is 97.3 cm³/mol. The largest absolute Gasteiger partial charge is 0.397 e. The second-order valence-electron chi connectivity index (χ2n) is 5.90. The number of carbonyl (C=O) groups excluding carboxylic acids is 1. The van der Waals surface area contributed by atoms with Crippen LogP contribution >= 0.6 is 0 Å². The summed E-state index contributed by atoms with van der Waals surface area (Å²) in [6, 6.07) is 9.34. The summed E-state index contributed by atoms with van der Waals surface area (Å²) in [5, 5.41) is 5.88. The Labute approximate surface area is 144 Å². The van der Waals surface area contributed by atoms with E-state index in [0.717, 1.165) is 34.8 Å². The maximum atomic E-state index is 11.9.